The quantitative estimate of drug-likeness (QED) is 0.299. The van der Waals surface area contributed by atoms with Crippen LogP contribution in [-0.2, 0) is 4.74 Å². The van der Waals surface area contributed by atoms with Crippen molar-refractivity contribution in [2.24, 2.45) is 0 Å². The van der Waals surface area contributed by atoms with Crippen LogP contribution in [0.5, 0.6) is 0 Å². The second kappa shape index (κ2) is 3.45. The van der Waals surface area contributed by atoms with E-state index < -0.39 is 0 Å². The molecule has 2 nitrogen and oxygen atoms in total. The maximum Gasteiger partial charge on any atom is 0.0701 e. The smallest absolute Gasteiger partial charge is 0.0701 e. The first-order chi connectivity index (χ1) is 2.50. The van der Waals surface area contributed by atoms with Crippen molar-refractivity contribution in [2.45, 2.75) is 0 Å². The number of rotatable bonds is 0. The summed E-state index contributed by atoms with van der Waals surface area (Å²) < 4.78 is 4.50. The number of hydrogen-bond acceptors (Lipinski definition) is 2. The molecule has 1 saturated heterocycles. The Morgan fingerprint density at radius 2 is 1.60 bits per heavy atom. The van der Waals surface area contributed by atoms with Crippen LogP contribution in [0.25, 0.3) is 0 Å². The lowest BCUT2D eigenvalue weighted by Gasteiger charge is -1.24. The average Bonchev–Trinajstić information content (AvgIpc) is 2.19. The van der Waals surface area contributed by atoms with Crippen LogP contribution in [0.3, 0.4) is 0 Å². The maximum atomic E-state index is 6.25. The first-order valence-corrected chi connectivity index (χ1v) is 1.30. The molecule has 0 N–H and O–H groups in total. The van der Waals surface area contributed by atoms with Crippen LogP contribution in [-0.4, -0.2) is 13.2 Å². The molecule has 1 heterocycles. The van der Waals surface area contributed by atoms with Crippen molar-refractivity contribution in [1.82, 2.24) is 0 Å². The number of ether oxygens (including phenoxy) is 1. The van der Waals surface area contributed by atoms with Gasteiger partial charge in [0.1, 0.15) is 0 Å². The summed E-state index contributed by atoms with van der Waals surface area (Å²) in [6.45, 7) is 6.75. The largest absolute Gasteiger partial charge is 0.512 e. The van der Waals surface area contributed by atoms with Crippen LogP contribution in [0.15, 0.2) is 0 Å². The summed E-state index contributed by atoms with van der Waals surface area (Å²) in [6.07, 6.45) is 0. The van der Waals surface area contributed by atoms with Gasteiger partial charge in [0.25, 0.3) is 0 Å². The fourth-order valence-corrected chi connectivity index (χ4v) is 0. The van der Waals surface area contributed by atoms with Gasteiger partial charge in [-0.15, -0.1) is 0 Å². The Morgan fingerprint density at radius 3 is 1.60 bits per heavy atom. The predicted octanol–water partition coefficient (Wildman–Crippen LogP) is 0.113. The molecule has 1 rings (SSSR count). The summed E-state index contributed by atoms with van der Waals surface area (Å²) in [5.74, 6) is 0. The Hall–Kier alpha value is -0.550. The van der Waals surface area contributed by atoms with Crippen molar-refractivity contribution < 1.29 is 4.74 Å². The van der Waals surface area contributed by atoms with Crippen LogP contribution in [0.1, 0.15) is 0 Å². The molecule has 28 valence electrons. The molecule has 0 unspecified atom stereocenters. The van der Waals surface area contributed by atoms with E-state index >= 15 is 0 Å². The van der Waals surface area contributed by atoms with Crippen molar-refractivity contribution >= 4 is 0 Å². The minimum absolute atomic E-state index is 1.00. The van der Waals surface area contributed by atoms with Gasteiger partial charge in [-0.2, -0.15) is 0 Å². The average molecular weight is 70.1 g/mol. The minimum Gasteiger partial charge on any atom is -0.512 e. The van der Waals surface area contributed by atoms with E-state index in [4.69, 9.17) is 11.8 Å². The molecule has 0 atom stereocenters. The molecule has 0 saturated carbocycles. The van der Waals surface area contributed by atoms with Crippen LogP contribution < -0.4 is 0 Å². The monoisotopic (exact) mass is 70.0 g/mol. The molecule has 0 amide bonds. The summed E-state index contributed by atoms with van der Waals surface area (Å²) >= 11 is 0. The third-order valence-electron chi connectivity index (χ3n) is 0.204. The molecule has 1 aliphatic heterocycles. The first-order valence-electron chi connectivity index (χ1n) is 1.30. The highest BCUT2D eigenvalue weighted by atomic mass is 16.6. The van der Waals surface area contributed by atoms with Crippen LogP contribution in [0.4, 0.5) is 0 Å². The number of epoxide rings is 1. The molecule has 5 heavy (non-hydrogen) atoms. The Labute approximate surface area is 31.0 Å². The molecule has 2 heteroatoms. The Morgan fingerprint density at radius 1 is 1.40 bits per heavy atom. The third kappa shape index (κ3) is 35.8. The molecule has 0 radical (unpaired) electrons. The predicted molar refractivity (Wildman–Crippen MR) is 15.8 cm³/mol. The lowest BCUT2D eigenvalue weighted by atomic mass is 11.0. The molecule has 1 fully saturated rings. The zero-order chi connectivity index (χ0) is 4.12. The van der Waals surface area contributed by atoms with Crippen LogP contribution >= 0.6 is 0 Å². The van der Waals surface area contributed by atoms with Gasteiger partial charge in [0.05, 0.1) is 13.2 Å². The highest BCUT2D eigenvalue weighted by molar-refractivity contribution is 4.36. The van der Waals surface area contributed by atoms with Gasteiger partial charge in [0.15, 0.2) is 0 Å². The normalized spacial score (nSPS) is 14.8. The molecular weight excluding hydrogens is 66.0 g/mol. The van der Waals surface area contributed by atoms with Crippen LogP contribution in [0.2, 0.25) is 0 Å². The van der Waals surface area contributed by atoms with Crippen molar-refractivity contribution in [3.63, 3.8) is 0 Å². The van der Waals surface area contributed by atoms with Crippen molar-refractivity contribution in [1.29, 1.82) is 5.26 Å². The Bertz CT molecular complexity index is 28.4. The molecular formula is C3H4NO-. The summed E-state index contributed by atoms with van der Waals surface area (Å²) in [5, 5.41) is 6.25. The number of hydrogen-bond donors (Lipinski definition) is 0. The molecule has 0 aromatic carbocycles. The van der Waals surface area contributed by atoms with E-state index in [2.05, 4.69) is 4.74 Å². The van der Waals surface area contributed by atoms with Crippen molar-refractivity contribution in [2.75, 3.05) is 13.2 Å². The highest BCUT2D eigenvalue weighted by Gasteiger charge is 1.94. The fraction of sp³-hybridized carbons (Fsp3) is 0.667. The van der Waals surface area contributed by atoms with Crippen molar-refractivity contribution in [3.05, 3.63) is 6.57 Å². The Kier molecular flexibility index (Phi) is 3.07. The van der Waals surface area contributed by atoms with E-state index in [0.29, 0.717) is 0 Å². The van der Waals surface area contributed by atoms with Gasteiger partial charge in [-0.25, -0.2) is 0 Å². The van der Waals surface area contributed by atoms with E-state index in [9.17, 15) is 0 Å². The van der Waals surface area contributed by atoms with E-state index in [1.54, 1.807) is 0 Å². The van der Waals surface area contributed by atoms with Gasteiger partial charge < -0.3 is 16.6 Å². The van der Waals surface area contributed by atoms with Gasteiger partial charge in [-0.3, -0.25) is 0 Å². The van der Waals surface area contributed by atoms with E-state index in [-0.39, 0.29) is 0 Å². The lowest BCUT2D eigenvalue weighted by molar-refractivity contribution is 0.475. The summed E-state index contributed by atoms with van der Waals surface area (Å²) in [6, 6.07) is 0. The van der Waals surface area contributed by atoms with Crippen molar-refractivity contribution in [3.8, 4) is 0 Å². The number of nitrogens with zero attached hydrogens (tertiary/aromatic N) is 1. The van der Waals surface area contributed by atoms with Gasteiger partial charge in [0, 0.05) is 0 Å². The first kappa shape index (κ1) is 4.45. The van der Waals surface area contributed by atoms with Gasteiger partial charge in [-0.05, 0) is 0 Å². The van der Waals surface area contributed by atoms with Gasteiger partial charge in [-0.1, -0.05) is 0 Å². The van der Waals surface area contributed by atoms with E-state index in [1.165, 1.54) is 0 Å². The molecule has 0 aromatic rings. The molecule has 1 aliphatic rings. The zero-order valence-corrected chi connectivity index (χ0v) is 2.77. The van der Waals surface area contributed by atoms with E-state index in [0.717, 1.165) is 13.2 Å². The van der Waals surface area contributed by atoms with E-state index in [1.807, 2.05) is 0 Å². The molecule has 0 aliphatic carbocycles. The second-order valence-corrected chi connectivity index (χ2v) is 0.612. The molecule has 0 spiro atoms. The van der Waals surface area contributed by atoms with Gasteiger partial charge >= 0.3 is 0 Å². The molecule has 0 bridgehead atoms. The van der Waals surface area contributed by atoms with Gasteiger partial charge in [0.2, 0.25) is 0 Å². The fourth-order valence-electron chi connectivity index (χ4n) is 0. The molecule has 0 aromatic heterocycles. The highest BCUT2D eigenvalue weighted by Crippen LogP contribution is 1.84. The SMILES string of the molecule is C1CO1.[C-]#N. The lowest BCUT2D eigenvalue weighted by Crippen LogP contribution is -1.20. The summed E-state index contributed by atoms with van der Waals surface area (Å²) in [7, 11) is 0. The minimum atomic E-state index is 1.00. The summed E-state index contributed by atoms with van der Waals surface area (Å²) in [5.41, 5.74) is 0. The zero-order valence-electron chi connectivity index (χ0n) is 2.77. The topological polar surface area (TPSA) is 36.3 Å². The maximum absolute atomic E-state index is 6.25. The third-order valence-corrected chi connectivity index (χ3v) is 0.204. The Balaban J connectivity index is 0.0000000733. The van der Waals surface area contributed by atoms with Crippen LogP contribution in [0, 0.1) is 11.8 Å². The standard InChI is InChI=1S/C2H4O.CN/c1-2-3-1;1-2/h1-2H2;/q;-1. The second-order valence-electron chi connectivity index (χ2n) is 0.612. The summed E-state index contributed by atoms with van der Waals surface area (Å²) in [4.78, 5) is 0.